The highest BCUT2D eigenvalue weighted by Gasteiger charge is 2.22. The highest BCUT2D eigenvalue weighted by molar-refractivity contribution is 7.17. The molecule has 3 rings (SSSR count). The lowest BCUT2D eigenvalue weighted by atomic mass is 10.1. The molecule has 1 amide bonds. The number of carbonyl (C=O) groups is 2. The standard InChI is InChI=1S/C19H16ClNO4S/c20-14-6-7-17-15(9-14)13(11-26-17)8-16(18(22)23)21-19(24)25-10-12-4-2-1-3-5-12/h1-7,9,11,16H,8,10H2,(H,21,24)(H,22,23)/t16-/m1/s1. The van der Waals surface area contributed by atoms with Gasteiger partial charge in [-0.05, 0) is 40.1 Å². The third-order valence-corrected chi connectivity index (χ3v) is 5.09. The monoisotopic (exact) mass is 389 g/mol. The fourth-order valence-electron chi connectivity index (χ4n) is 2.54. The molecule has 3 aromatic rings. The van der Waals surface area contributed by atoms with Crippen LogP contribution in [0.5, 0.6) is 0 Å². The number of thiophene rings is 1. The Kier molecular flexibility index (Phi) is 5.75. The summed E-state index contributed by atoms with van der Waals surface area (Å²) in [5, 5.41) is 15.2. The molecule has 134 valence electrons. The fraction of sp³-hybridized carbons (Fsp3) is 0.158. The van der Waals surface area contributed by atoms with E-state index in [9.17, 15) is 14.7 Å². The Hall–Kier alpha value is -2.57. The summed E-state index contributed by atoms with van der Waals surface area (Å²) >= 11 is 7.54. The highest BCUT2D eigenvalue weighted by atomic mass is 35.5. The van der Waals surface area contributed by atoms with Crippen LogP contribution < -0.4 is 5.32 Å². The van der Waals surface area contributed by atoms with Crippen molar-refractivity contribution >= 4 is 45.1 Å². The van der Waals surface area contributed by atoms with Crippen molar-refractivity contribution in [3.05, 3.63) is 70.1 Å². The lowest BCUT2D eigenvalue weighted by molar-refractivity contribution is -0.139. The second-order valence-corrected chi connectivity index (χ2v) is 7.05. The normalized spacial score (nSPS) is 11.9. The van der Waals surface area contributed by atoms with E-state index in [-0.39, 0.29) is 13.0 Å². The molecule has 26 heavy (non-hydrogen) atoms. The van der Waals surface area contributed by atoms with Gasteiger partial charge in [-0.25, -0.2) is 9.59 Å². The van der Waals surface area contributed by atoms with Gasteiger partial charge in [0.05, 0.1) is 0 Å². The van der Waals surface area contributed by atoms with Gasteiger partial charge in [-0.15, -0.1) is 11.3 Å². The second kappa shape index (κ2) is 8.21. The Morgan fingerprint density at radius 2 is 1.96 bits per heavy atom. The maximum absolute atomic E-state index is 12.0. The lowest BCUT2D eigenvalue weighted by Crippen LogP contribution is -2.42. The summed E-state index contributed by atoms with van der Waals surface area (Å²) in [7, 11) is 0. The number of hydrogen-bond donors (Lipinski definition) is 2. The molecule has 0 spiro atoms. The predicted octanol–water partition coefficient (Wildman–Crippen LogP) is 4.48. The Morgan fingerprint density at radius 3 is 2.69 bits per heavy atom. The van der Waals surface area contributed by atoms with Crippen molar-refractivity contribution in [2.45, 2.75) is 19.1 Å². The molecule has 7 heteroatoms. The zero-order valence-electron chi connectivity index (χ0n) is 13.6. The first-order valence-electron chi connectivity index (χ1n) is 7.88. The number of hydrogen-bond acceptors (Lipinski definition) is 4. The molecule has 0 aliphatic heterocycles. The van der Waals surface area contributed by atoms with E-state index in [0.717, 1.165) is 21.2 Å². The molecule has 1 aromatic heterocycles. The van der Waals surface area contributed by atoms with Crippen molar-refractivity contribution in [1.82, 2.24) is 5.32 Å². The van der Waals surface area contributed by atoms with Crippen LogP contribution in [0.2, 0.25) is 5.02 Å². The molecule has 0 radical (unpaired) electrons. The quantitative estimate of drug-likeness (QED) is 0.651. The molecule has 0 aliphatic rings. The fourth-order valence-corrected chi connectivity index (χ4v) is 3.67. The number of halogens is 1. The molecule has 5 nitrogen and oxygen atoms in total. The van der Waals surface area contributed by atoms with E-state index in [1.807, 2.05) is 41.8 Å². The first-order chi connectivity index (χ1) is 12.5. The van der Waals surface area contributed by atoms with Gasteiger partial charge in [0.25, 0.3) is 0 Å². The Morgan fingerprint density at radius 1 is 1.19 bits per heavy atom. The number of aliphatic carboxylic acids is 1. The summed E-state index contributed by atoms with van der Waals surface area (Å²) in [6, 6.07) is 13.6. The van der Waals surface area contributed by atoms with Crippen LogP contribution in [0.3, 0.4) is 0 Å². The summed E-state index contributed by atoms with van der Waals surface area (Å²) < 4.78 is 6.12. The predicted molar refractivity (Wildman–Crippen MR) is 102 cm³/mol. The van der Waals surface area contributed by atoms with Crippen molar-refractivity contribution in [3.8, 4) is 0 Å². The maximum Gasteiger partial charge on any atom is 0.408 e. The molecule has 2 N–H and O–H groups in total. The summed E-state index contributed by atoms with van der Waals surface area (Å²) in [6.45, 7) is 0.0794. The van der Waals surface area contributed by atoms with Crippen LogP contribution >= 0.6 is 22.9 Å². The number of carboxylic acid groups (broad SMARTS) is 1. The van der Waals surface area contributed by atoms with E-state index in [1.165, 1.54) is 11.3 Å². The van der Waals surface area contributed by atoms with Crippen LogP contribution in [0, 0.1) is 0 Å². The van der Waals surface area contributed by atoms with E-state index in [0.29, 0.717) is 5.02 Å². The Labute approximate surface area is 159 Å². The summed E-state index contributed by atoms with van der Waals surface area (Å²) in [4.78, 5) is 23.5. The van der Waals surface area contributed by atoms with Gasteiger partial charge in [-0.2, -0.15) is 0 Å². The van der Waals surface area contributed by atoms with Gasteiger partial charge in [0.15, 0.2) is 0 Å². The van der Waals surface area contributed by atoms with Crippen LogP contribution in [0.1, 0.15) is 11.1 Å². The van der Waals surface area contributed by atoms with Gasteiger partial charge < -0.3 is 15.2 Å². The highest BCUT2D eigenvalue weighted by Crippen LogP contribution is 2.29. The van der Waals surface area contributed by atoms with Crippen LogP contribution in [0.15, 0.2) is 53.9 Å². The number of amides is 1. The SMILES string of the molecule is O=C(N[C@H](Cc1csc2ccc(Cl)cc12)C(=O)O)OCc1ccccc1. The number of benzene rings is 2. The van der Waals surface area contributed by atoms with E-state index < -0.39 is 18.1 Å². The topological polar surface area (TPSA) is 75.6 Å². The summed E-state index contributed by atoms with van der Waals surface area (Å²) in [5.74, 6) is -1.12. The molecular formula is C19H16ClNO4S. The second-order valence-electron chi connectivity index (χ2n) is 5.70. The molecular weight excluding hydrogens is 374 g/mol. The van der Waals surface area contributed by atoms with Crippen molar-refractivity contribution in [3.63, 3.8) is 0 Å². The number of alkyl carbamates (subject to hydrolysis) is 1. The zero-order valence-corrected chi connectivity index (χ0v) is 15.2. The first-order valence-corrected chi connectivity index (χ1v) is 9.14. The third kappa shape index (κ3) is 4.53. The zero-order chi connectivity index (χ0) is 18.5. The Bertz CT molecular complexity index is 926. The minimum atomic E-state index is -1.12. The summed E-state index contributed by atoms with van der Waals surface area (Å²) in [5.41, 5.74) is 1.65. The minimum Gasteiger partial charge on any atom is -0.480 e. The van der Waals surface area contributed by atoms with Crippen molar-refractivity contribution < 1.29 is 19.4 Å². The van der Waals surface area contributed by atoms with Crippen LogP contribution in [-0.2, 0) is 22.6 Å². The average Bonchev–Trinajstić information content (AvgIpc) is 3.02. The Balaban J connectivity index is 1.66. The number of fused-ring (bicyclic) bond motifs is 1. The molecule has 0 aliphatic carbocycles. The average molecular weight is 390 g/mol. The largest absolute Gasteiger partial charge is 0.480 e. The maximum atomic E-state index is 12.0. The number of carbonyl (C=O) groups excluding carboxylic acids is 1. The molecule has 0 unspecified atom stereocenters. The van der Waals surface area contributed by atoms with Crippen LogP contribution in [-0.4, -0.2) is 23.2 Å². The van der Waals surface area contributed by atoms with Gasteiger partial charge >= 0.3 is 12.1 Å². The van der Waals surface area contributed by atoms with Gasteiger partial charge in [0.1, 0.15) is 12.6 Å². The molecule has 1 heterocycles. The van der Waals surface area contributed by atoms with Gasteiger partial charge in [-0.3, -0.25) is 0 Å². The number of carboxylic acids is 1. The molecule has 0 bridgehead atoms. The third-order valence-electron chi connectivity index (χ3n) is 3.84. The van der Waals surface area contributed by atoms with E-state index in [4.69, 9.17) is 16.3 Å². The molecule has 2 aromatic carbocycles. The number of nitrogens with one attached hydrogen (secondary N) is 1. The van der Waals surface area contributed by atoms with Gasteiger partial charge in [-0.1, -0.05) is 41.9 Å². The van der Waals surface area contributed by atoms with Gasteiger partial charge in [0, 0.05) is 16.1 Å². The first kappa shape index (κ1) is 18.2. The van der Waals surface area contributed by atoms with Gasteiger partial charge in [0.2, 0.25) is 0 Å². The van der Waals surface area contributed by atoms with E-state index in [1.54, 1.807) is 12.1 Å². The number of ether oxygens (including phenoxy) is 1. The molecule has 1 atom stereocenters. The van der Waals surface area contributed by atoms with Crippen LogP contribution in [0.25, 0.3) is 10.1 Å². The molecule has 0 fully saturated rings. The smallest absolute Gasteiger partial charge is 0.408 e. The van der Waals surface area contributed by atoms with E-state index >= 15 is 0 Å². The lowest BCUT2D eigenvalue weighted by Gasteiger charge is -2.14. The van der Waals surface area contributed by atoms with Crippen molar-refractivity contribution in [2.75, 3.05) is 0 Å². The number of rotatable bonds is 6. The molecule has 0 saturated heterocycles. The summed E-state index contributed by atoms with van der Waals surface area (Å²) in [6.07, 6.45) is -0.616. The van der Waals surface area contributed by atoms with E-state index in [2.05, 4.69) is 5.32 Å². The van der Waals surface area contributed by atoms with Crippen LogP contribution in [0.4, 0.5) is 4.79 Å². The van der Waals surface area contributed by atoms with Crippen molar-refractivity contribution in [1.29, 1.82) is 0 Å². The molecule has 0 saturated carbocycles. The minimum absolute atomic E-state index is 0.0794. The van der Waals surface area contributed by atoms with Crippen molar-refractivity contribution in [2.24, 2.45) is 0 Å².